The van der Waals surface area contributed by atoms with Crippen LogP contribution in [0.2, 0.25) is 0 Å². The molecule has 2 rings (SSSR count). The number of piperidine rings is 1. The Labute approximate surface area is 119 Å². The maximum Gasteiger partial charge on any atom is 0.317 e. The topological polar surface area (TPSA) is 136 Å². The van der Waals surface area contributed by atoms with Crippen molar-refractivity contribution in [1.29, 1.82) is 0 Å². The van der Waals surface area contributed by atoms with Gasteiger partial charge in [-0.2, -0.15) is 0 Å². The SMILES string of the molecule is COC1=CC2([N+](=O)[O-])CN(CC(=O)O)CC([N+](=O)[O-])(C1)C2. The molecule has 2 aliphatic rings. The van der Waals surface area contributed by atoms with Gasteiger partial charge < -0.3 is 9.84 Å². The first kappa shape index (κ1) is 15.2. The van der Waals surface area contributed by atoms with Crippen LogP contribution in [0.5, 0.6) is 0 Å². The molecular formula is C11H15N3O7. The Morgan fingerprint density at radius 2 is 2.10 bits per heavy atom. The van der Waals surface area contributed by atoms with Crippen LogP contribution < -0.4 is 0 Å². The number of hydrogen-bond donors (Lipinski definition) is 1. The van der Waals surface area contributed by atoms with Gasteiger partial charge in [0.2, 0.25) is 5.54 Å². The van der Waals surface area contributed by atoms with E-state index in [2.05, 4.69) is 0 Å². The average molecular weight is 301 g/mol. The van der Waals surface area contributed by atoms with Gasteiger partial charge in [0.15, 0.2) is 0 Å². The Bertz CT molecular complexity index is 534. The van der Waals surface area contributed by atoms with E-state index in [0.717, 1.165) is 0 Å². The number of methoxy groups -OCH3 is 1. The number of likely N-dealkylation sites (tertiary alicyclic amines) is 1. The van der Waals surface area contributed by atoms with Crippen molar-refractivity contribution in [3.05, 3.63) is 32.1 Å². The number of carbonyl (C=O) groups is 1. The maximum absolute atomic E-state index is 11.5. The number of carboxylic acids is 1. The zero-order chi connectivity index (χ0) is 15.8. The Morgan fingerprint density at radius 3 is 2.57 bits per heavy atom. The fraction of sp³-hybridized carbons (Fsp3) is 0.727. The molecular weight excluding hydrogens is 286 g/mol. The van der Waals surface area contributed by atoms with E-state index in [4.69, 9.17) is 9.84 Å². The van der Waals surface area contributed by atoms with E-state index in [1.165, 1.54) is 18.1 Å². The molecule has 2 bridgehead atoms. The van der Waals surface area contributed by atoms with Gasteiger partial charge in [0.05, 0.1) is 39.6 Å². The fourth-order valence-corrected chi connectivity index (χ4v) is 3.23. The average Bonchev–Trinajstić information content (AvgIpc) is 2.36. The van der Waals surface area contributed by atoms with E-state index < -0.39 is 33.4 Å². The van der Waals surface area contributed by atoms with Crippen molar-refractivity contribution in [1.82, 2.24) is 4.90 Å². The van der Waals surface area contributed by atoms with Crippen LogP contribution >= 0.6 is 0 Å². The number of nitro groups is 2. The first-order chi connectivity index (χ1) is 9.73. The molecule has 1 fully saturated rings. The summed E-state index contributed by atoms with van der Waals surface area (Å²) in [5.74, 6) is -0.979. The zero-order valence-electron chi connectivity index (χ0n) is 11.4. The molecule has 0 aromatic heterocycles. The van der Waals surface area contributed by atoms with Gasteiger partial charge in [-0.3, -0.25) is 29.9 Å². The van der Waals surface area contributed by atoms with E-state index in [1.807, 2.05) is 0 Å². The lowest BCUT2D eigenvalue weighted by atomic mass is 9.71. The molecule has 0 aromatic rings. The molecule has 10 nitrogen and oxygen atoms in total. The van der Waals surface area contributed by atoms with E-state index in [-0.39, 0.29) is 31.7 Å². The van der Waals surface area contributed by atoms with Crippen LogP contribution in [0.25, 0.3) is 0 Å². The van der Waals surface area contributed by atoms with Crippen LogP contribution in [0.3, 0.4) is 0 Å². The summed E-state index contributed by atoms with van der Waals surface area (Å²) in [5.41, 5.74) is -3.29. The highest BCUT2D eigenvalue weighted by atomic mass is 16.6. The zero-order valence-corrected chi connectivity index (χ0v) is 11.4. The molecule has 1 heterocycles. The van der Waals surface area contributed by atoms with Crippen LogP contribution in [0.15, 0.2) is 11.8 Å². The number of aliphatic carboxylic acids is 1. The number of ether oxygens (including phenoxy) is 1. The van der Waals surface area contributed by atoms with Crippen LogP contribution in [0, 0.1) is 20.2 Å². The molecule has 1 N–H and O–H groups in total. The van der Waals surface area contributed by atoms with Crippen LogP contribution in [-0.2, 0) is 9.53 Å². The molecule has 10 heteroatoms. The Kier molecular flexibility index (Phi) is 3.58. The number of fused-ring (bicyclic) bond motifs is 2. The predicted octanol–water partition coefficient (Wildman–Crippen LogP) is -0.258. The second-order valence-corrected chi connectivity index (χ2v) is 5.55. The minimum absolute atomic E-state index is 0.0811. The molecule has 0 saturated carbocycles. The molecule has 0 spiro atoms. The molecule has 21 heavy (non-hydrogen) atoms. The van der Waals surface area contributed by atoms with Crippen LogP contribution in [0.1, 0.15) is 12.8 Å². The summed E-state index contributed by atoms with van der Waals surface area (Å²) in [4.78, 5) is 33.9. The normalized spacial score (nSPS) is 32.1. The minimum atomic E-state index is -1.69. The molecule has 2 unspecified atom stereocenters. The van der Waals surface area contributed by atoms with Gasteiger partial charge in [0.25, 0.3) is 5.54 Å². The lowest BCUT2D eigenvalue weighted by Crippen LogP contribution is -2.67. The van der Waals surface area contributed by atoms with Gasteiger partial charge in [-0.25, -0.2) is 0 Å². The lowest BCUT2D eigenvalue weighted by Gasteiger charge is -2.44. The minimum Gasteiger partial charge on any atom is -0.501 e. The molecule has 116 valence electrons. The van der Waals surface area contributed by atoms with Gasteiger partial charge in [0, 0.05) is 15.9 Å². The molecule has 1 saturated heterocycles. The molecule has 0 aromatic carbocycles. The summed E-state index contributed by atoms with van der Waals surface area (Å²) >= 11 is 0. The van der Waals surface area contributed by atoms with Crippen molar-refractivity contribution in [2.45, 2.75) is 23.9 Å². The summed E-state index contributed by atoms with van der Waals surface area (Å²) in [7, 11) is 1.31. The van der Waals surface area contributed by atoms with Gasteiger partial charge >= 0.3 is 5.97 Å². The monoisotopic (exact) mass is 301 g/mol. The third-order valence-corrected chi connectivity index (χ3v) is 3.96. The first-order valence-electron chi connectivity index (χ1n) is 6.22. The number of carboxylic acid groups (broad SMARTS) is 1. The molecule has 1 aliphatic heterocycles. The highest BCUT2D eigenvalue weighted by Gasteiger charge is 2.64. The second kappa shape index (κ2) is 4.95. The summed E-state index contributed by atoms with van der Waals surface area (Å²) in [6.07, 6.45) is 0.938. The summed E-state index contributed by atoms with van der Waals surface area (Å²) in [5, 5.41) is 31.8. The van der Waals surface area contributed by atoms with Crippen molar-refractivity contribution in [3.63, 3.8) is 0 Å². The standard InChI is InChI=1S/C11H15N3O7/c1-21-8-2-10(13(17)18)5-11(3-8,14(19)20)7-12(6-10)4-9(15)16/h2H,3-7H2,1H3,(H,15,16). The van der Waals surface area contributed by atoms with Gasteiger partial charge in [-0.1, -0.05) is 0 Å². The molecule has 1 aliphatic carbocycles. The van der Waals surface area contributed by atoms with Crippen LogP contribution in [-0.4, -0.2) is 63.6 Å². The highest BCUT2D eigenvalue weighted by Crippen LogP contribution is 2.43. The quantitative estimate of drug-likeness (QED) is 0.542. The predicted molar refractivity (Wildman–Crippen MR) is 67.9 cm³/mol. The molecule has 2 atom stereocenters. The van der Waals surface area contributed by atoms with E-state index in [9.17, 15) is 25.0 Å². The van der Waals surface area contributed by atoms with Crippen molar-refractivity contribution in [2.24, 2.45) is 0 Å². The smallest absolute Gasteiger partial charge is 0.317 e. The molecule has 0 amide bonds. The van der Waals surface area contributed by atoms with E-state index >= 15 is 0 Å². The number of nitrogens with zero attached hydrogens (tertiary/aromatic N) is 3. The Morgan fingerprint density at radius 1 is 1.43 bits per heavy atom. The van der Waals surface area contributed by atoms with Crippen molar-refractivity contribution in [3.8, 4) is 0 Å². The summed E-state index contributed by atoms with van der Waals surface area (Å²) in [6.45, 7) is -0.807. The van der Waals surface area contributed by atoms with Crippen molar-refractivity contribution < 1.29 is 24.5 Å². The Hall–Kier alpha value is -2.23. The van der Waals surface area contributed by atoms with Gasteiger partial charge in [-0.05, 0) is 0 Å². The Balaban J connectivity index is 2.48. The second-order valence-electron chi connectivity index (χ2n) is 5.55. The van der Waals surface area contributed by atoms with Crippen molar-refractivity contribution in [2.75, 3.05) is 26.7 Å². The van der Waals surface area contributed by atoms with E-state index in [0.29, 0.717) is 0 Å². The third kappa shape index (κ3) is 2.53. The van der Waals surface area contributed by atoms with Crippen LogP contribution in [0.4, 0.5) is 0 Å². The highest BCUT2D eigenvalue weighted by molar-refractivity contribution is 5.69. The number of rotatable bonds is 5. The van der Waals surface area contributed by atoms with Gasteiger partial charge in [0.1, 0.15) is 5.76 Å². The van der Waals surface area contributed by atoms with Gasteiger partial charge in [-0.15, -0.1) is 0 Å². The number of hydrogen-bond acceptors (Lipinski definition) is 7. The summed E-state index contributed by atoms with van der Waals surface area (Å²) in [6, 6.07) is 0. The third-order valence-electron chi connectivity index (χ3n) is 3.96. The first-order valence-corrected chi connectivity index (χ1v) is 6.22. The maximum atomic E-state index is 11.5. The fourth-order valence-electron chi connectivity index (χ4n) is 3.23. The summed E-state index contributed by atoms with van der Waals surface area (Å²) < 4.78 is 5.01. The molecule has 0 radical (unpaired) electrons. The lowest BCUT2D eigenvalue weighted by molar-refractivity contribution is -0.620. The van der Waals surface area contributed by atoms with E-state index in [1.54, 1.807) is 0 Å². The largest absolute Gasteiger partial charge is 0.501 e. The van der Waals surface area contributed by atoms with Crippen molar-refractivity contribution >= 4 is 5.97 Å².